The Morgan fingerprint density at radius 1 is 0.576 bits per heavy atom. The fraction of sp³-hybridized carbons (Fsp3) is 0.286. The minimum atomic E-state index is -1.70. The van der Waals surface area contributed by atoms with Crippen LogP contribution in [0.1, 0.15) is 74.9 Å². The summed E-state index contributed by atoms with van der Waals surface area (Å²) in [5.41, 5.74) is -0.0479. The zero-order chi connectivity index (χ0) is 45.2. The molecule has 0 aliphatic heterocycles. The summed E-state index contributed by atoms with van der Waals surface area (Å²) in [4.78, 5) is 7.11. The number of rotatable bonds is 10. The Bertz CT molecular complexity index is 2030. The number of hydrogen-bond acceptors (Lipinski definition) is 6. The van der Waals surface area contributed by atoms with Crippen molar-refractivity contribution in [2.24, 2.45) is 9.98 Å². The molecule has 0 radical (unpaired) electrons. The van der Waals surface area contributed by atoms with Gasteiger partial charge in [0.15, 0.2) is 34.8 Å². The quantitative estimate of drug-likeness (QED) is 0.0546. The van der Waals surface area contributed by atoms with Crippen LogP contribution in [0.15, 0.2) is 59.6 Å². The first-order valence-electron chi connectivity index (χ1n) is 17.3. The van der Waals surface area contributed by atoms with E-state index in [-0.39, 0.29) is 35.8 Å². The summed E-state index contributed by atoms with van der Waals surface area (Å²) in [7, 11) is 9.78. The van der Waals surface area contributed by atoms with E-state index in [9.17, 15) is 45.3 Å². The predicted octanol–water partition coefficient (Wildman–Crippen LogP) is 13.1. The van der Waals surface area contributed by atoms with Gasteiger partial charge in [-0.25, -0.2) is 27.5 Å². The van der Waals surface area contributed by atoms with Crippen LogP contribution in [0, 0.1) is 60.4 Å². The molecule has 0 atom stereocenters. The number of ether oxygens (including phenoxy) is 2. The molecule has 0 spiro atoms. The number of hydrogen-bond donors (Lipinski definition) is 2. The second-order valence-electron chi connectivity index (χ2n) is 14.7. The van der Waals surface area contributed by atoms with E-state index < -0.39 is 97.3 Å². The molecule has 0 aliphatic carbocycles. The standard InChI is InChI=1S/2C21H21F4NO2.2ClH.Ti/c2*1-6-7-28-20-16(24)14(22)18(15(23)17(20)25)26-10-12-8-11(2)9-13(19(12)27)21(3,4)5;;;/h2*6,8-10,27H,1,7H2,2-5H3;2*1H;/q;;;;+2/p-2. The molecule has 17 heteroatoms. The van der Waals surface area contributed by atoms with E-state index in [2.05, 4.69) is 32.6 Å². The van der Waals surface area contributed by atoms with Gasteiger partial charge in [-0.05, 0) is 47.9 Å². The Labute approximate surface area is 354 Å². The van der Waals surface area contributed by atoms with Crippen LogP contribution in [0.3, 0.4) is 0 Å². The van der Waals surface area contributed by atoms with Crippen molar-refractivity contribution in [3.05, 3.63) is 129 Å². The number of phenolic OH excluding ortho intramolecular Hbond substituents is 2. The van der Waals surface area contributed by atoms with Gasteiger partial charge in [-0.15, -0.1) is 0 Å². The summed E-state index contributed by atoms with van der Waals surface area (Å²) < 4.78 is 122. The molecule has 6 nitrogen and oxygen atoms in total. The van der Waals surface area contributed by atoms with Crippen LogP contribution in [0.4, 0.5) is 46.5 Å². The number of halogens is 10. The van der Waals surface area contributed by atoms with E-state index in [1.165, 1.54) is 24.3 Å². The summed E-state index contributed by atoms with van der Waals surface area (Å²) >= 11 is -0.556. The molecule has 0 saturated heterocycles. The van der Waals surface area contributed by atoms with Gasteiger partial charge in [0.2, 0.25) is 23.3 Å². The SMILES string of the molecule is C=CCOc1c(F)c(F)c(N=Cc2cc(C)cc(C(C)(C)C)c2O)c(F)c1F.C=CCOc1c(F)c(F)c(N=Cc2cc(C)cc(C(C)(C)C)c2O)c(F)c1F.[Cl][Ti][Cl]. The maximum atomic E-state index is 14.2. The number of aryl methyl sites for hydroxylation is 2. The molecule has 59 heavy (non-hydrogen) atoms. The van der Waals surface area contributed by atoms with E-state index in [0.717, 1.165) is 23.6 Å². The van der Waals surface area contributed by atoms with Gasteiger partial charge in [-0.2, -0.15) is 17.6 Å². The third-order valence-corrected chi connectivity index (χ3v) is 7.94. The molecule has 0 heterocycles. The second-order valence-corrected chi connectivity index (χ2v) is 17.2. The van der Waals surface area contributed by atoms with Crippen LogP contribution in [-0.4, -0.2) is 35.9 Å². The molecule has 318 valence electrons. The molecule has 0 bridgehead atoms. The van der Waals surface area contributed by atoms with Gasteiger partial charge in [0.25, 0.3) is 0 Å². The monoisotopic (exact) mass is 908 g/mol. The number of aromatic hydroxyl groups is 2. The second kappa shape index (κ2) is 21.8. The number of aliphatic imine (C=N–C) groups is 2. The zero-order valence-electron chi connectivity index (χ0n) is 33.3. The molecule has 0 unspecified atom stereocenters. The first-order valence-corrected chi connectivity index (χ1v) is 21.6. The summed E-state index contributed by atoms with van der Waals surface area (Å²) in [6.45, 7) is 20.8. The Balaban J connectivity index is 0.000000381. The van der Waals surface area contributed by atoms with Crippen molar-refractivity contribution in [3.8, 4) is 23.0 Å². The number of benzene rings is 4. The van der Waals surface area contributed by atoms with Gasteiger partial charge < -0.3 is 19.7 Å². The van der Waals surface area contributed by atoms with Crippen LogP contribution >= 0.6 is 18.6 Å². The Morgan fingerprint density at radius 2 is 0.847 bits per heavy atom. The van der Waals surface area contributed by atoms with E-state index in [0.29, 0.717) is 11.1 Å². The Morgan fingerprint density at radius 3 is 1.08 bits per heavy atom. The van der Waals surface area contributed by atoms with Crippen LogP contribution in [0.5, 0.6) is 23.0 Å². The van der Waals surface area contributed by atoms with E-state index in [1.807, 2.05) is 41.5 Å². The van der Waals surface area contributed by atoms with Crippen molar-refractivity contribution in [1.82, 2.24) is 0 Å². The fourth-order valence-corrected chi connectivity index (χ4v) is 5.19. The fourth-order valence-electron chi connectivity index (χ4n) is 5.19. The third kappa shape index (κ3) is 12.8. The van der Waals surface area contributed by atoms with Crippen molar-refractivity contribution in [2.75, 3.05) is 13.2 Å². The van der Waals surface area contributed by atoms with Crippen LogP contribution < -0.4 is 9.47 Å². The van der Waals surface area contributed by atoms with E-state index in [4.69, 9.17) is 18.6 Å². The van der Waals surface area contributed by atoms with Crippen LogP contribution in [0.2, 0.25) is 0 Å². The number of nitrogens with zero attached hydrogens (tertiary/aromatic N) is 2. The molecule has 0 fully saturated rings. The molecular formula is C42H42Cl2F8N2O4Ti. The normalized spacial score (nSPS) is 11.5. The van der Waals surface area contributed by atoms with Crippen molar-refractivity contribution >= 4 is 42.4 Å². The molecule has 4 rings (SSSR count). The van der Waals surface area contributed by atoms with Crippen molar-refractivity contribution in [3.63, 3.8) is 0 Å². The molecule has 4 aromatic rings. The third-order valence-electron chi connectivity index (χ3n) is 7.94. The predicted molar refractivity (Wildman–Crippen MR) is 213 cm³/mol. The summed E-state index contributed by atoms with van der Waals surface area (Å²) in [6.07, 6.45) is 4.27. The first kappa shape index (κ1) is 50.8. The molecule has 0 amide bonds. The minimum absolute atomic E-state index is 0.130. The molecule has 0 aromatic heterocycles. The van der Waals surface area contributed by atoms with Crippen LogP contribution in [0.25, 0.3) is 0 Å². The molecule has 4 aromatic carbocycles. The summed E-state index contributed by atoms with van der Waals surface area (Å²) in [6, 6.07) is 6.63. The Hall–Kier alpha value is -4.37. The first-order chi connectivity index (χ1) is 27.4. The van der Waals surface area contributed by atoms with Gasteiger partial charge in [0.05, 0.1) is 0 Å². The maximum absolute atomic E-state index is 14.2. The average molecular weight is 910 g/mol. The van der Waals surface area contributed by atoms with Crippen molar-refractivity contribution in [1.29, 1.82) is 0 Å². The molecular weight excluding hydrogens is 867 g/mol. The van der Waals surface area contributed by atoms with E-state index >= 15 is 0 Å². The molecule has 0 saturated carbocycles. The molecule has 2 N–H and O–H groups in total. The van der Waals surface area contributed by atoms with Crippen molar-refractivity contribution < 1.29 is 71.8 Å². The topological polar surface area (TPSA) is 83.6 Å². The van der Waals surface area contributed by atoms with Gasteiger partial charge in [0.1, 0.15) is 36.1 Å². The van der Waals surface area contributed by atoms with Crippen molar-refractivity contribution in [2.45, 2.75) is 66.2 Å². The summed E-state index contributed by atoms with van der Waals surface area (Å²) in [5.74, 6) is -16.2. The van der Waals surface area contributed by atoms with Gasteiger partial charge in [-0.3, -0.25) is 0 Å². The van der Waals surface area contributed by atoms with Crippen LogP contribution in [-0.2, 0) is 27.9 Å². The van der Waals surface area contributed by atoms with Gasteiger partial charge in [-0.1, -0.05) is 79.0 Å². The Kier molecular flexibility index (Phi) is 18.7. The average Bonchev–Trinajstić information content (AvgIpc) is 3.15. The van der Waals surface area contributed by atoms with Gasteiger partial charge in [0, 0.05) is 34.7 Å². The van der Waals surface area contributed by atoms with E-state index in [1.54, 1.807) is 26.0 Å². The zero-order valence-corrected chi connectivity index (χ0v) is 36.4. The number of phenols is 2. The summed E-state index contributed by atoms with van der Waals surface area (Å²) in [5, 5.41) is 20.9. The van der Waals surface area contributed by atoms with Gasteiger partial charge >= 0.3 is 35.6 Å². The molecule has 0 aliphatic rings.